The Kier molecular flexibility index (Phi) is 4.03. The monoisotopic (exact) mass is 356 g/mol. The molecule has 1 aromatic carbocycles. The van der Waals surface area contributed by atoms with Crippen LogP contribution < -0.4 is 16.0 Å². The van der Waals surface area contributed by atoms with Crippen molar-refractivity contribution >= 4 is 27.5 Å². The van der Waals surface area contributed by atoms with Crippen molar-refractivity contribution in [3.05, 3.63) is 50.8 Å². The topological polar surface area (TPSA) is 60.4 Å². The second kappa shape index (κ2) is 5.77. The highest BCUT2D eigenvalue weighted by Crippen LogP contribution is 2.35. The van der Waals surface area contributed by atoms with Gasteiger partial charge in [-0.1, -0.05) is 15.9 Å². The molecule has 1 atom stereocenters. The highest BCUT2D eigenvalue weighted by atomic mass is 79.9. The van der Waals surface area contributed by atoms with Crippen molar-refractivity contribution in [2.45, 2.75) is 18.9 Å². The molecule has 1 unspecified atom stereocenters. The van der Waals surface area contributed by atoms with Gasteiger partial charge < -0.3 is 9.15 Å². The zero-order valence-electron chi connectivity index (χ0n) is 10.7. The predicted molar refractivity (Wildman–Crippen MR) is 80.8 cm³/mol. The van der Waals surface area contributed by atoms with Crippen LogP contribution in [0.4, 0.5) is 0 Å². The van der Waals surface area contributed by atoms with E-state index in [0.29, 0.717) is 17.4 Å². The summed E-state index contributed by atoms with van der Waals surface area (Å²) >= 11 is 9.35. The van der Waals surface area contributed by atoms with Gasteiger partial charge in [0.25, 0.3) is 0 Å². The average molecular weight is 358 g/mol. The van der Waals surface area contributed by atoms with Gasteiger partial charge >= 0.3 is 0 Å². The first-order valence-electron chi connectivity index (χ1n) is 6.33. The van der Waals surface area contributed by atoms with Crippen LogP contribution in [0.5, 0.6) is 5.75 Å². The van der Waals surface area contributed by atoms with Crippen LogP contribution in [0.3, 0.4) is 0 Å². The smallest absolute Gasteiger partial charge is 0.193 e. The fourth-order valence-electron chi connectivity index (χ4n) is 2.47. The normalized spacial score (nSPS) is 14.9. The molecule has 0 saturated carbocycles. The largest absolute Gasteiger partial charge is 0.493 e. The molecule has 106 valence electrons. The summed E-state index contributed by atoms with van der Waals surface area (Å²) in [6, 6.07) is 7.54. The molecule has 1 aliphatic heterocycles. The molecular formula is C14H14BrClN2O2. The van der Waals surface area contributed by atoms with Crippen molar-refractivity contribution in [1.82, 2.24) is 5.43 Å². The highest BCUT2D eigenvalue weighted by molar-refractivity contribution is 9.10. The van der Waals surface area contributed by atoms with Crippen LogP contribution in [0.15, 0.2) is 33.2 Å². The second-order valence-electron chi connectivity index (χ2n) is 4.72. The van der Waals surface area contributed by atoms with E-state index in [9.17, 15) is 0 Å². The standard InChI is InChI=1S/C14H14BrClN2O2/c15-10-5-8-3-4-19-14(8)9(6-10)7-11(18-17)12-1-2-13(16)20-12/h1-2,5-6,11,18H,3-4,7,17H2. The number of nitrogens with two attached hydrogens (primary N) is 1. The van der Waals surface area contributed by atoms with Crippen molar-refractivity contribution in [1.29, 1.82) is 0 Å². The van der Waals surface area contributed by atoms with Crippen molar-refractivity contribution in [2.75, 3.05) is 6.61 Å². The van der Waals surface area contributed by atoms with Crippen LogP contribution in [-0.2, 0) is 12.8 Å². The van der Waals surface area contributed by atoms with E-state index in [1.54, 1.807) is 6.07 Å². The summed E-state index contributed by atoms with van der Waals surface area (Å²) in [4.78, 5) is 0. The van der Waals surface area contributed by atoms with E-state index in [1.807, 2.05) is 6.07 Å². The number of fused-ring (bicyclic) bond motifs is 1. The van der Waals surface area contributed by atoms with Crippen LogP contribution in [0.1, 0.15) is 22.9 Å². The zero-order chi connectivity index (χ0) is 14.1. The fraction of sp³-hybridized carbons (Fsp3) is 0.286. The molecule has 2 heterocycles. The van der Waals surface area contributed by atoms with Gasteiger partial charge in [0.1, 0.15) is 11.5 Å². The van der Waals surface area contributed by atoms with Crippen molar-refractivity contribution < 1.29 is 9.15 Å². The fourth-order valence-corrected chi connectivity index (χ4v) is 3.18. The molecule has 3 rings (SSSR count). The lowest BCUT2D eigenvalue weighted by molar-refractivity contribution is 0.349. The van der Waals surface area contributed by atoms with Gasteiger partial charge in [0, 0.05) is 10.9 Å². The Morgan fingerprint density at radius 1 is 1.40 bits per heavy atom. The lowest BCUT2D eigenvalue weighted by Crippen LogP contribution is -2.29. The summed E-state index contributed by atoms with van der Waals surface area (Å²) in [6.45, 7) is 0.728. The minimum Gasteiger partial charge on any atom is -0.493 e. The quantitative estimate of drug-likeness (QED) is 0.650. The number of halogens is 2. The van der Waals surface area contributed by atoms with Crippen LogP contribution >= 0.6 is 27.5 Å². The van der Waals surface area contributed by atoms with E-state index in [2.05, 4.69) is 33.5 Å². The molecular weight excluding hydrogens is 344 g/mol. The summed E-state index contributed by atoms with van der Waals surface area (Å²) < 4.78 is 12.2. The average Bonchev–Trinajstić information content (AvgIpc) is 3.04. The van der Waals surface area contributed by atoms with Gasteiger partial charge in [0.2, 0.25) is 0 Å². The van der Waals surface area contributed by atoms with Crippen LogP contribution in [0.2, 0.25) is 5.22 Å². The number of hydrazine groups is 1. The van der Waals surface area contributed by atoms with Crippen molar-refractivity contribution in [3.8, 4) is 5.75 Å². The zero-order valence-corrected chi connectivity index (χ0v) is 13.0. The van der Waals surface area contributed by atoms with Gasteiger partial charge in [-0.25, -0.2) is 5.43 Å². The van der Waals surface area contributed by atoms with Crippen molar-refractivity contribution in [2.24, 2.45) is 5.84 Å². The molecule has 0 bridgehead atoms. The van der Waals surface area contributed by atoms with Gasteiger partial charge in [0.15, 0.2) is 5.22 Å². The molecule has 0 saturated heterocycles. The Labute approximate surface area is 130 Å². The van der Waals surface area contributed by atoms with E-state index < -0.39 is 0 Å². The number of nitrogens with one attached hydrogen (secondary N) is 1. The molecule has 2 aromatic rings. The number of ether oxygens (including phenoxy) is 1. The summed E-state index contributed by atoms with van der Waals surface area (Å²) in [7, 11) is 0. The van der Waals surface area contributed by atoms with E-state index in [4.69, 9.17) is 26.6 Å². The number of benzene rings is 1. The van der Waals surface area contributed by atoms with Crippen LogP contribution in [0, 0.1) is 0 Å². The number of rotatable bonds is 4. The van der Waals surface area contributed by atoms with E-state index >= 15 is 0 Å². The Morgan fingerprint density at radius 3 is 2.95 bits per heavy atom. The van der Waals surface area contributed by atoms with E-state index in [0.717, 1.165) is 28.8 Å². The Hall–Kier alpha value is -1.01. The highest BCUT2D eigenvalue weighted by Gasteiger charge is 2.22. The molecule has 3 N–H and O–H groups in total. The van der Waals surface area contributed by atoms with Gasteiger partial charge in [-0.15, -0.1) is 0 Å². The third-order valence-electron chi connectivity index (χ3n) is 3.39. The van der Waals surface area contributed by atoms with E-state index in [1.165, 1.54) is 5.56 Å². The second-order valence-corrected chi connectivity index (χ2v) is 6.01. The molecule has 6 heteroatoms. The van der Waals surface area contributed by atoms with Gasteiger partial charge in [-0.05, 0) is 53.4 Å². The summed E-state index contributed by atoms with van der Waals surface area (Å²) in [5.74, 6) is 7.32. The maximum absolute atomic E-state index is 5.82. The summed E-state index contributed by atoms with van der Waals surface area (Å²) in [5.41, 5.74) is 5.09. The molecule has 0 amide bonds. The molecule has 0 spiro atoms. The molecule has 0 aliphatic carbocycles. The maximum atomic E-state index is 5.82. The Balaban J connectivity index is 1.90. The number of hydrogen-bond donors (Lipinski definition) is 2. The van der Waals surface area contributed by atoms with Crippen LogP contribution in [-0.4, -0.2) is 6.61 Å². The van der Waals surface area contributed by atoms with Gasteiger partial charge in [-0.2, -0.15) is 0 Å². The lowest BCUT2D eigenvalue weighted by Gasteiger charge is -2.16. The first kappa shape index (κ1) is 13.9. The molecule has 4 nitrogen and oxygen atoms in total. The third kappa shape index (κ3) is 2.72. The molecule has 1 aromatic heterocycles. The summed E-state index contributed by atoms with van der Waals surface area (Å²) in [5, 5.41) is 0.357. The predicted octanol–water partition coefficient (Wildman–Crippen LogP) is 3.38. The first-order chi connectivity index (χ1) is 9.67. The van der Waals surface area contributed by atoms with E-state index in [-0.39, 0.29) is 6.04 Å². The lowest BCUT2D eigenvalue weighted by atomic mass is 10.0. The van der Waals surface area contributed by atoms with Crippen LogP contribution in [0.25, 0.3) is 0 Å². The Morgan fingerprint density at radius 2 is 2.25 bits per heavy atom. The molecule has 0 radical (unpaired) electrons. The SMILES string of the molecule is NNC(Cc1cc(Br)cc2c1OCC2)c1ccc(Cl)o1. The molecule has 20 heavy (non-hydrogen) atoms. The number of hydrogen-bond acceptors (Lipinski definition) is 4. The number of furan rings is 1. The minimum atomic E-state index is -0.148. The maximum Gasteiger partial charge on any atom is 0.193 e. The van der Waals surface area contributed by atoms with Gasteiger partial charge in [0.05, 0.1) is 12.6 Å². The minimum absolute atomic E-state index is 0.148. The first-order valence-corrected chi connectivity index (χ1v) is 7.50. The molecule has 0 fully saturated rings. The molecule has 1 aliphatic rings. The van der Waals surface area contributed by atoms with Gasteiger partial charge in [-0.3, -0.25) is 5.84 Å². The Bertz CT molecular complexity index is 630. The van der Waals surface area contributed by atoms with Crippen molar-refractivity contribution in [3.63, 3.8) is 0 Å². The summed E-state index contributed by atoms with van der Waals surface area (Å²) in [6.07, 6.45) is 1.61. The third-order valence-corrected chi connectivity index (χ3v) is 4.05.